The standard InChI is InChI=1S/C25H31NO2/c1-16(2)26-25(27)23-14-17(3)8-6-9-19-12-13-20(15-22(19)23)21-10-7-11-24(28-5)18(21)4/h7,10-17H,6,8-9H2,1-5H3,(H,26,27). The van der Waals surface area contributed by atoms with E-state index in [9.17, 15) is 4.79 Å². The van der Waals surface area contributed by atoms with Gasteiger partial charge in [-0.1, -0.05) is 37.3 Å². The van der Waals surface area contributed by atoms with Gasteiger partial charge >= 0.3 is 0 Å². The third-order valence-corrected chi connectivity index (χ3v) is 5.44. The first kappa shape index (κ1) is 20.2. The molecule has 1 N–H and O–H groups in total. The van der Waals surface area contributed by atoms with Gasteiger partial charge in [0.2, 0.25) is 0 Å². The van der Waals surface area contributed by atoms with Crippen molar-refractivity contribution in [2.45, 2.75) is 53.0 Å². The first-order chi connectivity index (χ1) is 13.4. The SMILES string of the molecule is COc1cccc(-c2ccc3c(c2)C(C(=O)NC(C)C)=CC(C)CCC3)c1C. The van der Waals surface area contributed by atoms with Crippen LogP contribution in [0, 0.1) is 12.8 Å². The molecule has 2 aromatic carbocycles. The molecular formula is C25H31NO2. The molecule has 28 heavy (non-hydrogen) atoms. The van der Waals surface area contributed by atoms with E-state index in [2.05, 4.69) is 49.5 Å². The van der Waals surface area contributed by atoms with Gasteiger partial charge in [-0.25, -0.2) is 0 Å². The van der Waals surface area contributed by atoms with E-state index in [1.54, 1.807) is 7.11 Å². The van der Waals surface area contributed by atoms with Crippen LogP contribution in [0.4, 0.5) is 0 Å². The lowest BCUT2D eigenvalue weighted by molar-refractivity contribution is -0.116. The third kappa shape index (κ3) is 4.30. The zero-order chi connectivity index (χ0) is 20.3. The van der Waals surface area contributed by atoms with Gasteiger partial charge in [0.05, 0.1) is 7.11 Å². The number of ether oxygens (including phenoxy) is 1. The Labute approximate surface area is 168 Å². The number of aryl methyl sites for hydroxylation is 1. The molecule has 0 radical (unpaired) electrons. The molecule has 0 aliphatic heterocycles. The number of benzene rings is 2. The van der Waals surface area contributed by atoms with Crippen molar-refractivity contribution in [3.63, 3.8) is 0 Å². The van der Waals surface area contributed by atoms with Gasteiger partial charge in [0.15, 0.2) is 0 Å². The van der Waals surface area contributed by atoms with Crippen LogP contribution in [0.1, 0.15) is 50.3 Å². The number of methoxy groups -OCH3 is 1. The Hall–Kier alpha value is -2.55. The fraction of sp³-hybridized carbons (Fsp3) is 0.400. The summed E-state index contributed by atoms with van der Waals surface area (Å²) in [5.41, 5.74) is 6.48. The van der Waals surface area contributed by atoms with Gasteiger partial charge in [-0.2, -0.15) is 0 Å². The Morgan fingerprint density at radius 3 is 2.68 bits per heavy atom. The van der Waals surface area contributed by atoms with Crippen molar-refractivity contribution in [1.29, 1.82) is 0 Å². The zero-order valence-electron chi connectivity index (χ0n) is 17.6. The van der Waals surface area contributed by atoms with E-state index in [0.29, 0.717) is 5.92 Å². The Balaban J connectivity index is 2.13. The number of nitrogens with one attached hydrogen (secondary N) is 1. The van der Waals surface area contributed by atoms with Crippen molar-refractivity contribution in [3.8, 4) is 16.9 Å². The molecule has 0 saturated carbocycles. The number of hydrogen-bond acceptors (Lipinski definition) is 2. The van der Waals surface area contributed by atoms with Crippen LogP contribution in [0.2, 0.25) is 0 Å². The number of carbonyl (C=O) groups is 1. The summed E-state index contributed by atoms with van der Waals surface area (Å²) in [6, 6.07) is 12.8. The summed E-state index contributed by atoms with van der Waals surface area (Å²) in [6.45, 7) is 8.28. The fourth-order valence-corrected chi connectivity index (χ4v) is 3.97. The second-order valence-electron chi connectivity index (χ2n) is 8.08. The minimum Gasteiger partial charge on any atom is -0.496 e. The monoisotopic (exact) mass is 377 g/mol. The van der Waals surface area contributed by atoms with E-state index in [1.807, 2.05) is 26.0 Å². The fourth-order valence-electron chi connectivity index (χ4n) is 3.97. The first-order valence-corrected chi connectivity index (χ1v) is 10.2. The van der Waals surface area contributed by atoms with E-state index >= 15 is 0 Å². The summed E-state index contributed by atoms with van der Waals surface area (Å²) in [5, 5.41) is 3.08. The van der Waals surface area contributed by atoms with Gasteiger partial charge in [-0.3, -0.25) is 4.79 Å². The minimum atomic E-state index is 0.0181. The molecule has 3 nitrogen and oxygen atoms in total. The van der Waals surface area contributed by atoms with Gasteiger partial charge < -0.3 is 10.1 Å². The Kier molecular flexibility index (Phi) is 6.23. The number of hydrogen-bond donors (Lipinski definition) is 1. The lowest BCUT2D eigenvalue weighted by Gasteiger charge is -2.21. The van der Waals surface area contributed by atoms with Crippen LogP contribution >= 0.6 is 0 Å². The van der Waals surface area contributed by atoms with Gasteiger partial charge in [-0.05, 0) is 85.9 Å². The van der Waals surface area contributed by atoms with Crippen LogP contribution in [-0.4, -0.2) is 19.1 Å². The molecule has 1 aliphatic rings. The molecule has 0 spiro atoms. The lowest BCUT2D eigenvalue weighted by Crippen LogP contribution is -2.31. The molecule has 3 heteroatoms. The number of rotatable bonds is 4. The first-order valence-electron chi connectivity index (χ1n) is 10.2. The second kappa shape index (κ2) is 8.64. The molecule has 2 aromatic rings. The smallest absolute Gasteiger partial charge is 0.251 e. The van der Waals surface area contributed by atoms with E-state index in [-0.39, 0.29) is 11.9 Å². The molecule has 0 saturated heterocycles. The normalized spacial score (nSPS) is 16.6. The molecule has 0 aromatic heterocycles. The summed E-state index contributed by atoms with van der Waals surface area (Å²) in [7, 11) is 1.70. The molecule has 1 aliphatic carbocycles. The summed E-state index contributed by atoms with van der Waals surface area (Å²) in [5.74, 6) is 1.29. The summed E-state index contributed by atoms with van der Waals surface area (Å²) in [4.78, 5) is 13.0. The summed E-state index contributed by atoms with van der Waals surface area (Å²) >= 11 is 0. The second-order valence-corrected chi connectivity index (χ2v) is 8.08. The molecule has 148 valence electrons. The maximum Gasteiger partial charge on any atom is 0.251 e. The molecular weight excluding hydrogens is 346 g/mol. The highest BCUT2D eigenvalue weighted by atomic mass is 16.5. The number of carbonyl (C=O) groups excluding carboxylic acids is 1. The van der Waals surface area contributed by atoms with E-state index in [4.69, 9.17) is 4.74 Å². The van der Waals surface area contributed by atoms with Crippen molar-refractivity contribution >= 4 is 11.5 Å². The van der Waals surface area contributed by atoms with Gasteiger partial charge in [0.25, 0.3) is 5.91 Å². The topological polar surface area (TPSA) is 38.3 Å². The minimum absolute atomic E-state index is 0.0181. The molecule has 0 heterocycles. The average molecular weight is 378 g/mol. The van der Waals surface area contributed by atoms with Crippen molar-refractivity contribution in [2.24, 2.45) is 5.92 Å². The Morgan fingerprint density at radius 1 is 1.18 bits per heavy atom. The van der Waals surface area contributed by atoms with Crippen molar-refractivity contribution in [1.82, 2.24) is 5.32 Å². The summed E-state index contributed by atoms with van der Waals surface area (Å²) < 4.78 is 5.50. The average Bonchev–Trinajstić information content (AvgIpc) is 2.64. The molecule has 1 unspecified atom stereocenters. The quantitative estimate of drug-likeness (QED) is 0.758. The maximum absolute atomic E-state index is 13.0. The number of fused-ring (bicyclic) bond motifs is 1. The summed E-state index contributed by atoms with van der Waals surface area (Å²) in [6.07, 6.45) is 5.40. The number of allylic oxidation sites excluding steroid dienone is 1. The van der Waals surface area contributed by atoms with Crippen LogP contribution in [-0.2, 0) is 11.2 Å². The van der Waals surface area contributed by atoms with Crippen molar-refractivity contribution in [3.05, 3.63) is 59.2 Å². The van der Waals surface area contributed by atoms with Crippen molar-refractivity contribution < 1.29 is 9.53 Å². The molecule has 0 bridgehead atoms. The predicted octanol–water partition coefficient (Wildman–Crippen LogP) is 5.55. The number of amides is 1. The van der Waals surface area contributed by atoms with Crippen LogP contribution in [0.3, 0.4) is 0 Å². The lowest BCUT2D eigenvalue weighted by atomic mass is 9.85. The van der Waals surface area contributed by atoms with Gasteiger partial charge in [-0.15, -0.1) is 0 Å². The van der Waals surface area contributed by atoms with E-state index < -0.39 is 0 Å². The molecule has 1 amide bonds. The predicted molar refractivity (Wildman–Crippen MR) is 117 cm³/mol. The molecule has 1 atom stereocenters. The van der Waals surface area contributed by atoms with E-state index in [1.165, 1.54) is 5.56 Å². The van der Waals surface area contributed by atoms with Gasteiger partial charge in [0.1, 0.15) is 5.75 Å². The Morgan fingerprint density at radius 2 is 1.96 bits per heavy atom. The molecule has 0 fully saturated rings. The largest absolute Gasteiger partial charge is 0.496 e. The molecule has 3 rings (SSSR count). The zero-order valence-corrected chi connectivity index (χ0v) is 17.6. The van der Waals surface area contributed by atoms with Crippen LogP contribution in [0.25, 0.3) is 16.7 Å². The Bertz CT molecular complexity index is 895. The van der Waals surface area contributed by atoms with Crippen LogP contribution < -0.4 is 10.1 Å². The highest BCUT2D eigenvalue weighted by Gasteiger charge is 2.21. The van der Waals surface area contributed by atoms with E-state index in [0.717, 1.165) is 52.8 Å². The van der Waals surface area contributed by atoms with Crippen molar-refractivity contribution in [2.75, 3.05) is 7.11 Å². The third-order valence-electron chi connectivity index (χ3n) is 5.44. The maximum atomic E-state index is 13.0. The van der Waals surface area contributed by atoms with Gasteiger partial charge in [0, 0.05) is 11.6 Å². The van der Waals surface area contributed by atoms with Crippen LogP contribution in [0.15, 0.2) is 42.5 Å². The highest BCUT2D eigenvalue weighted by Crippen LogP contribution is 2.35. The van der Waals surface area contributed by atoms with Crippen LogP contribution in [0.5, 0.6) is 5.75 Å². The highest BCUT2D eigenvalue weighted by molar-refractivity contribution is 6.20.